The molecule has 12 atom stereocenters. The van der Waals surface area contributed by atoms with Crippen molar-refractivity contribution >= 4 is 5.91 Å². The van der Waals surface area contributed by atoms with Crippen LogP contribution in [0.2, 0.25) is 0 Å². The van der Waals surface area contributed by atoms with Gasteiger partial charge in [0.05, 0.1) is 32.0 Å². The number of unbranched alkanes of at least 4 members (excludes halogenated alkanes) is 63. The number of amides is 1. The Kier molecular flexibility index (Phi) is 67.0. The van der Waals surface area contributed by atoms with Gasteiger partial charge in [0.25, 0.3) is 0 Å². The van der Waals surface area contributed by atoms with E-state index >= 15 is 0 Å². The molecule has 0 aromatic heterocycles. The molecule has 0 aliphatic carbocycles. The largest absolute Gasteiger partial charge is 0.394 e. The quantitative estimate of drug-likeness (QED) is 0.0204. The Balaban J connectivity index is 1.54. The SMILES string of the molecule is CCCCCCCCCCCCCCCCCCCCCCCCC/C=C/C(O)C(COC1OC(CO)C(OC2OC(CO)C(O)C(O)C2O)C(O)C1O)NC(=O)CCCCCCCCCCCCCCCCCCCCCCCCCCCCCCCCCCCCCCCCCCC. The van der Waals surface area contributed by atoms with Crippen LogP contribution in [0.25, 0.3) is 0 Å². The van der Waals surface area contributed by atoms with E-state index in [1.165, 1.54) is 372 Å². The third-order valence-electron chi connectivity index (χ3n) is 22.0. The minimum atomic E-state index is -1.79. The molecule has 2 saturated heterocycles. The Morgan fingerprint density at radius 1 is 0.350 bits per heavy atom. The molecule has 594 valence electrons. The molecule has 0 radical (unpaired) electrons. The van der Waals surface area contributed by atoms with Gasteiger partial charge < -0.3 is 65.1 Å². The third-order valence-corrected chi connectivity index (χ3v) is 22.0. The first-order valence-corrected chi connectivity index (χ1v) is 43.9. The van der Waals surface area contributed by atoms with Crippen molar-refractivity contribution in [3.8, 4) is 0 Å². The molecule has 0 aromatic carbocycles. The highest BCUT2D eigenvalue weighted by atomic mass is 16.7. The summed E-state index contributed by atoms with van der Waals surface area (Å²) in [6.07, 6.45) is 74.8. The summed E-state index contributed by atoms with van der Waals surface area (Å²) in [6, 6.07) is -0.913. The molecule has 14 heteroatoms. The molecule has 9 N–H and O–H groups in total. The van der Waals surface area contributed by atoms with E-state index in [-0.39, 0.29) is 18.9 Å². The van der Waals surface area contributed by atoms with E-state index in [0.29, 0.717) is 0 Å². The average molecular weight is 1420 g/mol. The Morgan fingerprint density at radius 3 is 0.920 bits per heavy atom. The number of carbonyl (C=O) groups is 1. The maximum Gasteiger partial charge on any atom is 0.220 e. The van der Waals surface area contributed by atoms with E-state index in [1.54, 1.807) is 6.08 Å². The second kappa shape index (κ2) is 70.7. The molecular formula is C86H167NO13. The number of aliphatic hydroxyl groups is 8. The van der Waals surface area contributed by atoms with E-state index in [1.807, 2.05) is 6.08 Å². The number of carbonyl (C=O) groups excluding carboxylic acids is 1. The molecule has 2 aliphatic heterocycles. The first-order chi connectivity index (χ1) is 49.1. The summed E-state index contributed by atoms with van der Waals surface area (Å²) in [5.41, 5.74) is 0. The molecule has 2 aliphatic rings. The van der Waals surface area contributed by atoms with Crippen molar-refractivity contribution in [2.45, 2.75) is 511 Å². The number of nitrogens with one attached hydrogen (secondary N) is 1. The van der Waals surface area contributed by atoms with E-state index in [0.717, 1.165) is 44.9 Å². The maximum absolute atomic E-state index is 13.4. The van der Waals surface area contributed by atoms with Gasteiger partial charge in [-0.25, -0.2) is 0 Å². The second-order valence-electron chi connectivity index (χ2n) is 31.4. The average Bonchev–Trinajstić information content (AvgIpc) is 0.790. The standard InChI is InChI=1S/C86H167NO13/c1-3-5-7-9-11-13-15-17-19-21-23-25-27-29-30-31-32-33-34-35-36-37-38-39-40-41-42-43-44-46-48-50-52-54-56-58-60-62-64-66-68-70-78(91)87-74(73-97-85-83(96)81(94)84(77(72-89)99-85)100-86-82(95)80(93)79(92)76(71-88)98-86)75(90)69-67-65-63-61-59-57-55-53-51-49-47-45-28-26-24-22-20-18-16-14-12-10-8-6-4-2/h67,69,74-77,79-86,88-90,92-96H,3-66,68,70-73H2,1-2H3,(H,87,91)/b69-67+. The molecular weight excluding hydrogens is 1250 g/mol. The van der Waals surface area contributed by atoms with Gasteiger partial charge in [-0.3, -0.25) is 4.79 Å². The first kappa shape index (κ1) is 94.8. The van der Waals surface area contributed by atoms with Gasteiger partial charge in [0.15, 0.2) is 12.6 Å². The number of aliphatic hydroxyl groups excluding tert-OH is 8. The maximum atomic E-state index is 13.4. The number of hydrogen-bond acceptors (Lipinski definition) is 13. The Hall–Kier alpha value is -1.27. The van der Waals surface area contributed by atoms with Crippen molar-refractivity contribution in [2.75, 3.05) is 19.8 Å². The zero-order chi connectivity index (χ0) is 72.2. The number of rotatable bonds is 76. The fourth-order valence-corrected chi connectivity index (χ4v) is 15.1. The molecule has 0 saturated carbocycles. The number of allylic oxidation sites excluding steroid dienone is 1. The minimum Gasteiger partial charge on any atom is -0.394 e. The molecule has 0 aromatic rings. The van der Waals surface area contributed by atoms with Crippen molar-refractivity contribution in [1.82, 2.24) is 5.32 Å². The van der Waals surface area contributed by atoms with Crippen molar-refractivity contribution in [2.24, 2.45) is 0 Å². The van der Waals surface area contributed by atoms with Crippen LogP contribution in [-0.2, 0) is 23.7 Å². The normalized spacial score (nSPS) is 21.8. The molecule has 0 spiro atoms. The predicted molar refractivity (Wildman–Crippen MR) is 416 cm³/mol. The summed E-state index contributed by atoms with van der Waals surface area (Å²) >= 11 is 0. The van der Waals surface area contributed by atoms with E-state index in [2.05, 4.69) is 19.2 Å². The van der Waals surface area contributed by atoms with Gasteiger partial charge in [-0.2, -0.15) is 0 Å². The number of hydrogen-bond donors (Lipinski definition) is 9. The zero-order valence-corrected chi connectivity index (χ0v) is 65.5. The highest BCUT2D eigenvalue weighted by Crippen LogP contribution is 2.31. The van der Waals surface area contributed by atoms with Crippen LogP contribution in [0.15, 0.2) is 12.2 Å². The summed E-state index contributed by atoms with van der Waals surface area (Å²) in [4.78, 5) is 13.4. The summed E-state index contributed by atoms with van der Waals surface area (Å²) in [6.45, 7) is 2.89. The Labute approximate surface area is 616 Å². The molecule has 2 heterocycles. The third kappa shape index (κ3) is 52.7. The van der Waals surface area contributed by atoms with E-state index in [9.17, 15) is 45.6 Å². The summed E-state index contributed by atoms with van der Waals surface area (Å²) in [5, 5.41) is 87.8. The van der Waals surface area contributed by atoms with Gasteiger partial charge in [-0.05, 0) is 19.3 Å². The summed E-state index contributed by atoms with van der Waals surface area (Å²) < 4.78 is 22.9. The van der Waals surface area contributed by atoms with Crippen LogP contribution in [-0.4, -0.2) is 140 Å². The lowest BCUT2D eigenvalue weighted by Crippen LogP contribution is -2.65. The highest BCUT2D eigenvalue weighted by molar-refractivity contribution is 5.76. The highest BCUT2D eigenvalue weighted by Gasteiger charge is 2.51. The molecule has 12 unspecified atom stereocenters. The fraction of sp³-hybridized carbons (Fsp3) is 0.965. The van der Waals surface area contributed by atoms with Gasteiger partial charge in [-0.1, -0.05) is 424 Å². The smallest absolute Gasteiger partial charge is 0.220 e. The van der Waals surface area contributed by atoms with Crippen LogP contribution in [0, 0.1) is 0 Å². The van der Waals surface area contributed by atoms with Crippen LogP contribution < -0.4 is 5.32 Å². The lowest BCUT2D eigenvalue weighted by molar-refractivity contribution is -0.359. The van der Waals surface area contributed by atoms with Crippen molar-refractivity contribution in [1.29, 1.82) is 0 Å². The predicted octanol–water partition coefficient (Wildman–Crippen LogP) is 20.8. The summed E-state index contributed by atoms with van der Waals surface area (Å²) in [5.74, 6) is -0.228. The molecule has 2 rings (SSSR count). The second-order valence-corrected chi connectivity index (χ2v) is 31.4. The Morgan fingerprint density at radius 2 is 0.620 bits per heavy atom. The van der Waals surface area contributed by atoms with Crippen LogP contribution in [0.3, 0.4) is 0 Å². The van der Waals surface area contributed by atoms with Crippen LogP contribution >= 0.6 is 0 Å². The monoisotopic (exact) mass is 1420 g/mol. The molecule has 100 heavy (non-hydrogen) atoms. The number of ether oxygens (including phenoxy) is 4. The van der Waals surface area contributed by atoms with Gasteiger partial charge in [0, 0.05) is 6.42 Å². The van der Waals surface area contributed by atoms with Gasteiger partial charge in [0.1, 0.15) is 48.8 Å². The summed E-state index contributed by atoms with van der Waals surface area (Å²) in [7, 11) is 0. The fourth-order valence-electron chi connectivity index (χ4n) is 15.1. The molecule has 1 amide bonds. The molecule has 14 nitrogen and oxygen atoms in total. The van der Waals surface area contributed by atoms with Crippen LogP contribution in [0.4, 0.5) is 0 Å². The first-order valence-electron chi connectivity index (χ1n) is 43.9. The van der Waals surface area contributed by atoms with E-state index < -0.39 is 86.8 Å². The lowest BCUT2D eigenvalue weighted by atomic mass is 9.97. The lowest BCUT2D eigenvalue weighted by Gasteiger charge is -2.46. The Bertz CT molecular complexity index is 1730. The van der Waals surface area contributed by atoms with Gasteiger partial charge in [0.2, 0.25) is 5.91 Å². The van der Waals surface area contributed by atoms with Crippen LogP contribution in [0.1, 0.15) is 438 Å². The zero-order valence-electron chi connectivity index (χ0n) is 65.5. The van der Waals surface area contributed by atoms with Gasteiger partial charge in [-0.15, -0.1) is 0 Å². The van der Waals surface area contributed by atoms with Crippen LogP contribution in [0.5, 0.6) is 0 Å². The van der Waals surface area contributed by atoms with Crippen molar-refractivity contribution in [3.63, 3.8) is 0 Å². The van der Waals surface area contributed by atoms with Crippen molar-refractivity contribution < 1.29 is 64.6 Å². The minimum absolute atomic E-state index is 0.228. The topological polar surface area (TPSA) is 228 Å². The van der Waals surface area contributed by atoms with Crippen molar-refractivity contribution in [3.05, 3.63) is 12.2 Å². The molecule has 0 bridgehead atoms. The molecule has 2 fully saturated rings. The van der Waals surface area contributed by atoms with Gasteiger partial charge >= 0.3 is 0 Å². The van der Waals surface area contributed by atoms with E-state index in [4.69, 9.17) is 18.9 Å².